The summed E-state index contributed by atoms with van der Waals surface area (Å²) < 4.78 is 10.7. The lowest BCUT2D eigenvalue weighted by Crippen LogP contribution is -2.26. The first kappa shape index (κ1) is 18.4. The molecule has 0 saturated heterocycles. The van der Waals surface area contributed by atoms with Crippen LogP contribution < -0.4 is 16.0 Å². The van der Waals surface area contributed by atoms with Gasteiger partial charge in [0.15, 0.2) is 0 Å². The molecule has 0 fully saturated rings. The fourth-order valence-electron chi connectivity index (χ4n) is 3.45. The van der Waals surface area contributed by atoms with Gasteiger partial charge >= 0.3 is 5.69 Å². The predicted molar refractivity (Wildman–Crippen MR) is 117 cm³/mol. The average Bonchev–Trinajstić information content (AvgIpc) is 3.38. The van der Waals surface area contributed by atoms with Gasteiger partial charge in [-0.05, 0) is 29.1 Å². The summed E-state index contributed by atoms with van der Waals surface area (Å²) in [6.45, 7) is 0.915. The minimum absolute atomic E-state index is 0.144. The summed E-state index contributed by atoms with van der Waals surface area (Å²) in [4.78, 5) is 26.2. The van der Waals surface area contributed by atoms with E-state index in [0.29, 0.717) is 29.1 Å². The fraction of sp³-hybridized carbons (Fsp3) is 0.136. The largest absolute Gasteiger partial charge is 0.492 e. The van der Waals surface area contributed by atoms with Crippen LogP contribution in [0, 0.1) is 0 Å². The van der Waals surface area contributed by atoms with Gasteiger partial charge in [-0.25, -0.2) is 13.9 Å². The average molecular weight is 418 g/mol. The standard InChI is InChI=1S/C22H18N4O3S/c27-20-19-18(11-14-30-19)26-21(24(20)15-16-7-3-1-4-8-16)23-25(22(26)28)12-13-29-17-9-5-2-6-10-17/h1-11,14H,12-13,15H2. The van der Waals surface area contributed by atoms with E-state index in [1.165, 1.54) is 20.4 Å². The predicted octanol–water partition coefficient (Wildman–Crippen LogP) is 3.00. The number of nitrogens with zero attached hydrogens (tertiary/aromatic N) is 4. The summed E-state index contributed by atoms with van der Waals surface area (Å²) in [5.41, 5.74) is 1.12. The van der Waals surface area contributed by atoms with Crippen LogP contribution in [0.25, 0.3) is 16.0 Å². The van der Waals surface area contributed by atoms with Crippen molar-refractivity contribution in [2.45, 2.75) is 13.1 Å². The molecule has 0 radical (unpaired) electrons. The molecule has 0 bridgehead atoms. The minimum atomic E-state index is -0.285. The van der Waals surface area contributed by atoms with E-state index in [0.717, 1.165) is 11.3 Å². The van der Waals surface area contributed by atoms with E-state index in [1.54, 1.807) is 10.6 Å². The van der Waals surface area contributed by atoms with Crippen LogP contribution in [0.15, 0.2) is 81.7 Å². The van der Waals surface area contributed by atoms with Crippen LogP contribution >= 0.6 is 11.3 Å². The monoisotopic (exact) mass is 418 g/mol. The number of thiophene rings is 1. The van der Waals surface area contributed by atoms with Crippen LogP contribution in [0.1, 0.15) is 5.56 Å². The van der Waals surface area contributed by atoms with E-state index < -0.39 is 0 Å². The van der Waals surface area contributed by atoms with Gasteiger partial charge in [-0.2, -0.15) is 0 Å². The van der Waals surface area contributed by atoms with E-state index in [9.17, 15) is 9.59 Å². The number of hydrogen-bond acceptors (Lipinski definition) is 5. The Bertz CT molecular complexity index is 1430. The van der Waals surface area contributed by atoms with Crippen molar-refractivity contribution in [3.8, 4) is 5.75 Å². The molecular weight excluding hydrogens is 400 g/mol. The Balaban J connectivity index is 1.57. The molecule has 0 amide bonds. The maximum absolute atomic E-state index is 13.1. The Morgan fingerprint density at radius 1 is 0.933 bits per heavy atom. The molecule has 0 aliphatic carbocycles. The molecule has 5 aromatic rings. The van der Waals surface area contributed by atoms with Crippen molar-refractivity contribution < 1.29 is 4.74 Å². The Morgan fingerprint density at radius 3 is 2.43 bits per heavy atom. The van der Waals surface area contributed by atoms with Gasteiger partial charge in [-0.3, -0.25) is 9.36 Å². The normalized spacial score (nSPS) is 11.3. The second-order valence-electron chi connectivity index (χ2n) is 6.81. The maximum atomic E-state index is 13.1. The zero-order chi connectivity index (χ0) is 20.5. The van der Waals surface area contributed by atoms with Gasteiger partial charge in [0.2, 0.25) is 5.78 Å². The molecule has 8 heteroatoms. The molecule has 3 heterocycles. The molecular formula is C22H18N4O3S. The Kier molecular flexibility index (Phi) is 4.68. The molecule has 0 spiro atoms. The summed E-state index contributed by atoms with van der Waals surface area (Å²) in [5.74, 6) is 1.06. The highest BCUT2D eigenvalue weighted by Crippen LogP contribution is 2.18. The van der Waals surface area contributed by atoms with Crippen LogP contribution in [0.3, 0.4) is 0 Å². The number of rotatable bonds is 6. The highest BCUT2D eigenvalue weighted by Gasteiger charge is 2.18. The van der Waals surface area contributed by atoms with Crippen molar-refractivity contribution in [2.24, 2.45) is 0 Å². The molecule has 0 unspecified atom stereocenters. The zero-order valence-electron chi connectivity index (χ0n) is 16.0. The van der Waals surface area contributed by atoms with Gasteiger partial charge in [0.25, 0.3) is 5.56 Å². The van der Waals surface area contributed by atoms with Gasteiger partial charge in [0.05, 0.1) is 18.6 Å². The number of fused-ring (bicyclic) bond motifs is 3. The molecule has 5 rings (SSSR count). The maximum Gasteiger partial charge on any atom is 0.352 e. The number of para-hydroxylation sites is 1. The first-order valence-corrected chi connectivity index (χ1v) is 10.4. The van der Waals surface area contributed by atoms with E-state index in [2.05, 4.69) is 5.10 Å². The molecule has 0 saturated carbocycles. The lowest BCUT2D eigenvalue weighted by Gasteiger charge is -2.07. The Labute approximate surface area is 175 Å². The molecule has 7 nitrogen and oxygen atoms in total. The van der Waals surface area contributed by atoms with Crippen LogP contribution in [0.4, 0.5) is 0 Å². The van der Waals surface area contributed by atoms with Gasteiger partial charge in [0, 0.05) is 0 Å². The third-order valence-electron chi connectivity index (χ3n) is 4.89. The minimum Gasteiger partial charge on any atom is -0.492 e. The summed E-state index contributed by atoms with van der Waals surface area (Å²) in [5, 5.41) is 6.30. The molecule has 0 N–H and O–H groups in total. The Hall–Kier alpha value is -3.65. The number of aromatic nitrogens is 4. The molecule has 3 aromatic heterocycles. The number of benzene rings is 2. The van der Waals surface area contributed by atoms with Crippen LogP contribution in [-0.2, 0) is 13.1 Å². The van der Waals surface area contributed by atoms with Gasteiger partial charge in [0.1, 0.15) is 17.1 Å². The number of hydrogen-bond donors (Lipinski definition) is 0. The smallest absolute Gasteiger partial charge is 0.352 e. The molecule has 0 atom stereocenters. The third kappa shape index (κ3) is 3.21. The molecule has 30 heavy (non-hydrogen) atoms. The molecule has 0 aliphatic heterocycles. The molecule has 0 aliphatic rings. The fourth-order valence-corrected chi connectivity index (χ4v) is 4.28. The molecule has 2 aromatic carbocycles. The zero-order valence-corrected chi connectivity index (χ0v) is 16.8. The van der Waals surface area contributed by atoms with E-state index in [-0.39, 0.29) is 17.8 Å². The quantitative estimate of drug-likeness (QED) is 0.425. The lowest BCUT2D eigenvalue weighted by atomic mass is 10.2. The van der Waals surface area contributed by atoms with E-state index in [1.807, 2.05) is 66.0 Å². The topological polar surface area (TPSA) is 70.5 Å². The molecule has 150 valence electrons. The van der Waals surface area contributed by atoms with Crippen molar-refractivity contribution in [3.63, 3.8) is 0 Å². The van der Waals surface area contributed by atoms with Crippen molar-refractivity contribution in [1.82, 2.24) is 18.7 Å². The van der Waals surface area contributed by atoms with E-state index >= 15 is 0 Å². The van der Waals surface area contributed by atoms with Crippen molar-refractivity contribution in [1.29, 1.82) is 0 Å². The summed E-state index contributed by atoms with van der Waals surface area (Å²) >= 11 is 1.33. The SMILES string of the molecule is O=c1c2sccc2n2c(=O)n(CCOc3ccccc3)nc2n1Cc1ccccc1. The Morgan fingerprint density at radius 2 is 1.67 bits per heavy atom. The second kappa shape index (κ2) is 7.64. The highest BCUT2D eigenvalue weighted by molar-refractivity contribution is 7.17. The summed E-state index contributed by atoms with van der Waals surface area (Å²) in [7, 11) is 0. The first-order chi connectivity index (χ1) is 14.7. The second-order valence-corrected chi connectivity index (χ2v) is 7.73. The summed E-state index contributed by atoms with van der Waals surface area (Å²) in [6, 6.07) is 20.9. The third-order valence-corrected chi connectivity index (χ3v) is 5.78. The van der Waals surface area contributed by atoms with Crippen molar-refractivity contribution in [3.05, 3.63) is 98.5 Å². The van der Waals surface area contributed by atoms with Gasteiger partial charge < -0.3 is 4.74 Å². The van der Waals surface area contributed by atoms with Crippen LogP contribution in [-0.4, -0.2) is 25.4 Å². The van der Waals surface area contributed by atoms with Crippen molar-refractivity contribution in [2.75, 3.05) is 6.61 Å². The van der Waals surface area contributed by atoms with Crippen LogP contribution in [0.5, 0.6) is 5.75 Å². The van der Waals surface area contributed by atoms with Crippen molar-refractivity contribution >= 4 is 27.3 Å². The highest BCUT2D eigenvalue weighted by atomic mass is 32.1. The lowest BCUT2D eigenvalue weighted by molar-refractivity contribution is 0.289. The first-order valence-electron chi connectivity index (χ1n) is 9.54. The van der Waals surface area contributed by atoms with E-state index in [4.69, 9.17) is 4.74 Å². The van der Waals surface area contributed by atoms with Gasteiger partial charge in [-0.1, -0.05) is 48.5 Å². The summed E-state index contributed by atoms with van der Waals surface area (Å²) in [6.07, 6.45) is 0. The number of ether oxygens (including phenoxy) is 1. The van der Waals surface area contributed by atoms with Gasteiger partial charge in [-0.15, -0.1) is 16.4 Å². The van der Waals surface area contributed by atoms with Crippen LogP contribution in [0.2, 0.25) is 0 Å².